The van der Waals surface area contributed by atoms with Crippen molar-refractivity contribution < 1.29 is 9.59 Å². The van der Waals surface area contributed by atoms with Crippen LogP contribution in [-0.4, -0.2) is 18.4 Å². The summed E-state index contributed by atoms with van der Waals surface area (Å²) in [5, 5.41) is 5.74. The van der Waals surface area contributed by atoms with Crippen LogP contribution in [0.1, 0.15) is 33.1 Å². The summed E-state index contributed by atoms with van der Waals surface area (Å²) in [6.07, 6.45) is 2.61. The van der Waals surface area contributed by atoms with Crippen molar-refractivity contribution in [3.05, 3.63) is 24.3 Å². The molecule has 1 atom stereocenters. The molecule has 1 saturated carbocycles. The van der Waals surface area contributed by atoms with E-state index in [4.69, 9.17) is 5.73 Å². The second-order valence-corrected chi connectivity index (χ2v) is 5.92. The first-order chi connectivity index (χ1) is 9.98. The fraction of sp³-hybridized carbons (Fsp3) is 0.500. The van der Waals surface area contributed by atoms with Crippen LogP contribution in [0, 0.1) is 11.3 Å². The average Bonchev–Trinajstić information content (AvgIpc) is 3.31. The lowest BCUT2D eigenvalue weighted by atomic mass is 9.86. The standard InChI is InChI=1S/C16H23N3O2/c1-3-16(2,10-17)15(21)19-13-6-4-5-12(9-13)18-14(20)11-7-8-11/h4-6,9,11H,3,7-8,10,17H2,1-2H3,(H,18,20)(H,19,21). The Morgan fingerprint density at radius 3 is 2.43 bits per heavy atom. The molecule has 4 N–H and O–H groups in total. The lowest BCUT2D eigenvalue weighted by Crippen LogP contribution is -2.39. The van der Waals surface area contributed by atoms with Gasteiger partial charge in [-0.25, -0.2) is 0 Å². The monoisotopic (exact) mass is 289 g/mol. The molecule has 0 radical (unpaired) electrons. The molecular formula is C16H23N3O2. The first-order valence-corrected chi connectivity index (χ1v) is 7.41. The molecule has 5 heteroatoms. The Morgan fingerprint density at radius 1 is 1.29 bits per heavy atom. The Morgan fingerprint density at radius 2 is 1.90 bits per heavy atom. The molecule has 1 unspecified atom stereocenters. The molecule has 1 aliphatic carbocycles. The molecule has 1 aromatic carbocycles. The maximum atomic E-state index is 12.3. The quantitative estimate of drug-likeness (QED) is 0.751. The molecule has 2 amide bonds. The van der Waals surface area contributed by atoms with Gasteiger partial charge in [0.2, 0.25) is 11.8 Å². The lowest BCUT2D eigenvalue weighted by molar-refractivity contribution is -0.124. The van der Waals surface area contributed by atoms with Crippen LogP contribution in [0.3, 0.4) is 0 Å². The van der Waals surface area contributed by atoms with Crippen LogP contribution in [0.2, 0.25) is 0 Å². The summed E-state index contributed by atoms with van der Waals surface area (Å²) >= 11 is 0. The van der Waals surface area contributed by atoms with Crippen LogP contribution in [-0.2, 0) is 9.59 Å². The molecule has 21 heavy (non-hydrogen) atoms. The Hall–Kier alpha value is -1.88. The Bertz CT molecular complexity index is 534. The van der Waals surface area contributed by atoms with Crippen molar-refractivity contribution in [2.45, 2.75) is 33.1 Å². The topological polar surface area (TPSA) is 84.2 Å². The van der Waals surface area contributed by atoms with E-state index in [1.165, 1.54) is 0 Å². The van der Waals surface area contributed by atoms with Crippen LogP contribution in [0.5, 0.6) is 0 Å². The highest BCUT2D eigenvalue weighted by Crippen LogP contribution is 2.30. The van der Waals surface area contributed by atoms with Gasteiger partial charge in [-0.1, -0.05) is 13.0 Å². The summed E-state index contributed by atoms with van der Waals surface area (Å²) in [5.74, 6) is 0.112. The smallest absolute Gasteiger partial charge is 0.231 e. The minimum atomic E-state index is -0.576. The van der Waals surface area contributed by atoms with Gasteiger partial charge >= 0.3 is 0 Å². The van der Waals surface area contributed by atoms with Crippen molar-refractivity contribution >= 4 is 23.2 Å². The predicted molar refractivity (Wildman–Crippen MR) is 83.9 cm³/mol. The Labute approximate surface area is 125 Å². The third-order valence-corrected chi connectivity index (χ3v) is 4.12. The normalized spacial score (nSPS) is 16.9. The van der Waals surface area contributed by atoms with E-state index in [0.717, 1.165) is 12.8 Å². The number of nitrogens with one attached hydrogen (secondary N) is 2. The molecule has 1 aromatic rings. The summed E-state index contributed by atoms with van der Waals surface area (Å²) in [4.78, 5) is 24.0. The molecule has 5 nitrogen and oxygen atoms in total. The Kier molecular flexibility index (Phi) is 4.63. The lowest BCUT2D eigenvalue weighted by Gasteiger charge is -2.25. The van der Waals surface area contributed by atoms with Gasteiger partial charge in [0.15, 0.2) is 0 Å². The van der Waals surface area contributed by atoms with Gasteiger partial charge in [0, 0.05) is 23.8 Å². The highest BCUT2D eigenvalue weighted by Gasteiger charge is 2.30. The zero-order chi connectivity index (χ0) is 15.5. The van der Waals surface area contributed by atoms with Gasteiger partial charge in [-0.05, 0) is 44.4 Å². The van der Waals surface area contributed by atoms with Crippen LogP contribution in [0.4, 0.5) is 11.4 Å². The number of hydrogen-bond acceptors (Lipinski definition) is 3. The maximum absolute atomic E-state index is 12.3. The summed E-state index contributed by atoms with van der Waals surface area (Å²) in [7, 11) is 0. The van der Waals surface area contributed by atoms with Gasteiger partial charge in [0.25, 0.3) is 0 Å². The highest BCUT2D eigenvalue weighted by molar-refractivity contribution is 5.97. The molecule has 0 spiro atoms. The third kappa shape index (κ3) is 3.82. The summed E-state index contributed by atoms with van der Waals surface area (Å²) in [6, 6.07) is 7.20. The number of carbonyl (C=O) groups excluding carboxylic acids is 2. The van der Waals surface area contributed by atoms with Gasteiger partial charge in [0.05, 0.1) is 5.41 Å². The predicted octanol–water partition coefficient (Wildman–Crippen LogP) is 2.35. The van der Waals surface area contributed by atoms with E-state index in [9.17, 15) is 9.59 Å². The van der Waals surface area contributed by atoms with Crippen LogP contribution in [0.25, 0.3) is 0 Å². The molecule has 0 saturated heterocycles. The highest BCUT2D eigenvalue weighted by atomic mass is 16.2. The van der Waals surface area contributed by atoms with Crippen molar-refractivity contribution in [2.75, 3.05) is 17.2 Å². The van der Waals surface area contributed by atoms with Crippen molar-refractivity contribution in [3.8, 4) is 0 Å². The number of benzene rings is 1. The van der Waals surface area contributed by atoms with Crippen molar-refractivity contribution in [2.24, 2.45) is 17.1 Å². The zero-order valence-corrected chi connectivity index (χ0v) is 12.6. The summed E-state index contributed by atoms with van der Waals surface area (Å²) < 4.78 is 0. The van der Waals surface area contributed by atoms with E-state index in [1.54, 1.807) is 12.1 Å². The summed E-state index contributed by atoms with van der Waals surface area (Å²) in [5.41, 5.74) is 6.49. The fourth-order valence-corrected chi connectivity index (χ4v) is 1.94. The molecule has 1 fully saturated rings. The molecule has 0 heterocycles. The molecule has 114 valence electrons. The average molecular weight is 289 g/mol. The first kappa shape index (κ1) is 15.5. The van der Waals surface area contributed by atoms with Crippen molar-refractivity contribution in [1.29, 1.82) is 0 Å². The molecule has 2 rings (SSSR count). The number of nitrogens with two attached hydrogens (primary N) is 1. The second-order valence-electron chi connectivity index (χ2n) is 5.92. The SMILES string of the molecule is CCC(C)(CN)C(=O)Nc1cccc(NC(=O)C2CC2)c1. The van der Waals surface area contributed by atoms with E-state index in [-0.39, 0.29) is 17.7 Å². The van der Waals surface area contributed by atoms with Gasteiger partial charge in [-0.15, -0.1) is 0 Å². The molecule has 0 bridgehead atoms. The largest absolute Gasteiger partial charge is 0.329 e. The second kappa shape index (κ2) is 6.26. The fourth-order valence-electron chi connectivity index (χ4n) is 1.94. The van der Waals surface area contributed by atoms with E-state index in [1.807, 2.05) is 26.0 Å². The van der Waals surface area contributed by atoms with Gasteiger partial charge in [0.1, 0.15) is 0 Å². The van der Waals surface area contributed by atoms with Crippen LogP contribution >= 0.6 is 0 Å². The number of carbonyl (C=O) groups is 2. The van der Waals surface area contributed by atoms with Gasteiger partial charge < -0.3 is 16.4 Å². The minimum absolute atomic E-state index is 0.0545. The van der Waals surface area contributed by atoms with Crippen molar-refractivity contribution in [3.63, 3.8) is 0 Å². The minimum Gasteiger partial charge on any atom is -0.329 e. The third-order valence-electron chi connectivity index (χ3n) is 4.12. The van der Waals surface area contributed by atoms with Crippen LogP contribution < -0.4 is 16.4 Å². The molecule has 0 aromatic heterocycles. The van der Waals surface area contributed by atoms with E-state index in [0.29, 0.717) is 24.3 Å². The van der Waals surface area contributed by atoms with E-state index >= 15 is 0 Å². The Balaban J connectivity index is 2.03. The van der Waals surface area contributed by atoms with Crippen LogP contribution in [0.15, 0.2) is 24.3 Å². The number of rotatable bonds is 6. The number of amides is 2. The van der Waals surface area contributed by atoms with Gasteiger partial charge in [-0.2, -0.15) is 0 Å². The maximum Gasteiger partial charge on any atom is 0.231 e. The molecular weight excluding hydrogens is 266 g/mol. The first-order valence-electron chi connectivity index (χ1n) is 7.41. The number of anilines is 2. The number of hydrogen-bond donors (Lipinski definition) is 3. The van der Waals surface area contributed by atoms with E-state index < -0.39 is 5.41 Å². The molecule has 1 aliphatic rings. The zero-order valence-electron chi connectivity index (χ0n) is 12.6. The van der Waals surface area contributed by atoms with Crippen molar-refractivity contribution in [1.82, 2.24) is 0 Å². The molecule has 0 aliphatic heterocycles. The summed E-state index contributed by atoms with van der Waals surface area (Å²) in [6.45, 7) is 4.09. The van der Waals surface area contributed by atoms with Gasteiger partial charge in [-0.3, -0.25) is 9.59 Å². The van der Waals surface area contributed by atoms with E-state index in [2.05, 4.69) is 10.6 Å².